The SMILES string of the molecule is CN(C)c1ccc2oc(C(CC(=O)S)C(=O)S)nc2c1. The number of rotatable bonds is 5. The molecule has 2 rings (SSSR count). The highest BCUT2D eigenvalue weighted by atomic mass is 32.1. The van der Waals surface area contributed by atoms with Crippen molar-refractivity contribution in [3.05, 3.63) is 24.1 Å². The Balaban J connectivity index is 2.43. The number of hydrogen-bond donors (Lipinski definition) is 2. The number of carbonyl (C=O) groups is 2. The van der Waals surface area contributed by atoms with Crippen LogP contribution in [0.3, 0.4) is 0 Å². The van der Waals surface area contributed by atoms with Crippen molar-refractivity contribution in [3.63, 3.8) is 0 Å². The maximum Gasteiger partial charge on any atom is 0.207 e. The molecule has 0 radical (unpaired) electrons. The van der Waals surface area contributed by atoms with Crippen LogP contribution in [0.15, 0.2) is 22.6 Å². The topological polar surface area (TPSA) is 63.4 Å². The summed E-state index contributed by atoms with van der Waals surface area (Å²) < 4.78 is 5.54. The molecule has 0 N–H and O–H groups in total. The highest BCUT2D eigenvalue weighted by Gasteiger charge is 2.25. The molecular weight excluding hydrogens is 296 g/mol. The third-order valence-corrected chi connectivity index (χ3v) is 3.37. The van der Waals surface area contributed by atoms with Crippen molar-refractivity contribution >= 4 is 52.3 Å². The zero-order chi connectivity index (χ0) is 14.9. The van der Waals surface area contributed by atoms with E-state index in [1.807, 2.05) is 31.1 Å². The summed E-state index contributed by atoms with van der Waals surface area (Å²) in [5.41, 5.74) is 2.17. The molecule has 0 spiro atoms. The molecule has 2 aromatic rings. The first-order valence-corrected chi connectivity index (χ1v) is 6.80. The maximum absolute atomic E-state index is 11.5. The summed E-state index contributed by atoms with van der Waals surface area (Å²) >= 11 is 7.47. The van der Waals surface area contributed by atoms with Crippen molar-refractivity contribution in [1.82, 2.24) is 4.98 Å². The van der Waals surface area contributed by atoms with E-state index in [0.29, 0.717) is 11.1 Å². The third-order valence-electron chi connectivity index (χ3n) is 2.88. The van der Waals surface area contributed by atoms with Gasteiger partial charge in [-0.25, -0.2) is 4.98 Å². The first-order chi connectivity index (χ1) is 9.38. The Morgan fingerprint density at radius 2 is 2.05 bits per heavy atom. The van der Waals surface area contributed by atoms with Crippen molar-refractivity contribution < 1.29 is 14.0 Å². The van der Waals surface area contributed by atoms with Crippen molar-refractivity contribution in [3.8, 4) is 0 Å². The number of anilines is 1. The molecule has 1 atom stereocenters. The fourth-order valence-corrected chi connectivity index (χ4v) is 2.20. The fourth-order valence-electron chi connectivity index (χ4n) is 1.82. The van der Waals surface area contributed by atoms with E-state index in [0.717, 1.165) is 5.69 Å². The number of nitrogens with zero attached hydrogens (tertiary/aromatic N) is 2. The lowest BCUT2D eigenvalue weighted by Gasteiger charge is -2.10. The van der Waals surface area contributed by atoms with Crippen molar-refractivity contribution in [2.75, 3.05) is 19.0 Å². The fraction of sp³-hybridized carbons (Fsp3) is 0.308. The lowest BCUT2D eigenvalue weighted by atomic mass is 10.1. The Morgan fingerprint density at radius 1 is 1.35 bits per heavy atom. The van der Waals surface area contributed by atoms with Gasteiger partial charge in [0.05, 0.1) is 0 Å². The minimum atomic E-state index is -0.807. The summed E-state index contributed by atoms with van der Waals surface area (Å²) in [7, 11) is 3.84. The van der Waals surface area contributed by atoms with Crippen LogP contribution in [0, 0.1) is 0 Å². The lowest BCUT2D eigenvalue weighted by Crippen LogP contribution is -2.10. The van der Waals surface area contributed by atoms with Gasteiger partial charge in [-0.1, -0.05) is 0 Å². The van der Waals surface area contributed by atoms with E-state index in [9.17, 15) is 9.59 Å². The molecule has 0 amide bonds. The molecule has 0 aliphatic heterocycles. The Bertz CT molecular complexity index is 667. The van der Waals surface area contributed by atoms with Crippen LogP contribution >= 0.6 is 25.3 Å². The first-order valence-electron chi connectivity index (χ1n) is 5.91. The van der Waals surface area contributed by atoms with Gasteiger partial charge in [0.25, 0.3) is 0 Å². The standard InChI is InChI=1S/C13H14N2O3S2/c1-15(2)7-3-4-10-9(5-7)14-12(18-10)8(13(17)20)6-11(16)19/h3-5,8H,6H2,1-2H3,(H,16,19)(H,17,20). The number of thiol groups is 2. The van der Waals surface area contributed by atoms with Crippen LogP contribution < -0.4 is 4.90 Å². The molecule has 0 saturated carbocycles. The molecule has 0 aliphatic carbocycles. The van der Waals surface area contributed by atoms with Crippen molar-refractivity contribution in [1.29, 1.82) is 0 Å². The molecule has 1 aromatic heterocycles. The molecule has 5 nitrogen and oxygen atoms in total. The summed E-state index contributed by atoms with van der Waals surface area (Å²) in [6.07, 6.45) is -0.0845. The van der Waals surface area contributed by atoms with Crippen molar-refractivity contribution in [2.24, 2.45) is 0 Å². The van der Waals surface area contributed by atoms with Gasteiger partial charge < -0.3 is 9.32 Å². The van der Waals surface area contributed by atoms with E-state index in [2.05, 4.69) is 30.2 Å². The zero-order valence-electron chi connectivity index (χ0n) is 11.0. The summed E-state index contributed by atoms with van der Waals surface area (Å²) in [4.78, 5) is 28.8. The second-order valence-electron chi connectivity index (χ2n) is 4.59. The molecule has 1 aromatic carbocycles. The molecular formula is C13H14N2O3S2. The van der Waals surface area contributed by atoms with Gasteiger partial charge in [-0.05, 0) is 18.2 Å². The van der Waals surface area contributed by atoms with Gasteiger partial charge in [0, 0.05) is 26.2 Å². The first kappa shape index (κ1) is 14.9. The van der Waals surface area contributed by atoms with Gasteiger partial charge in [0.1, 0.15) is 11.4 Å². The van der Waals surface area contributed by atoms with Gasteiger partial charge in [-0.3, -0.25) is 9.59 Å². The van der Waals surface area contributed by atoms with E-state index in [1.165, 1.54) is 0 Å². The summed E-state index contributed by atoms with van der Waals surface area (Å²) in [6.45, 7) is 0. The zero-order valence-corrected chi connectivity index (χ0v) is 12.8. The summed E-state index contributed by atoms with van der Waals surface area (Å²) in [6, 6.07) is 5.52. The van der Waals surface area contributed by atoms with E-state index < -0.39 is 16.1 Å². The molecule has 106 valence electrons. The number of hydrogen-bond acceptors (Lipinski definition) is 5. The van der Waals surface area contributed by atoms with Gasteiger partial charge in [0.2, 0.25) is 5.89 Å². The number of benzene rings is 1. The number of aromatic nitrogens is 1. The maximum atomic E-state index is 11.5. The predicted octanol–water partition coefficient (Wildman–Crippen LogP) is 2.28. The second-order valence-corrected chi connectivity index (χ2v) is 5.53. The Morgan fingerprint density at radius 3 is 2.60 bits per heavy atom. The van der Waals surface area contributed by atoms with Crippen LogP contribution in [0.25, 0.3) is 11.1 Å². The van der Waals surface area contributed by atoms with Gasteiger partial charge in [-0.2, -0.15) is 0 Å². The largest absolute Gasteiger partial charge is 0.440 e. The van der Waals surface area contributed by atoms with Crippen LogP contribution in [0.4, 0.5) is 5.69 Å². The molecule has 7 heteroatoms. The quantitative estimate of drug-likeness (QED) is 0.830. The molecule has 0 bridgehead atoms. The van der Waals surface area contributed by atoms with Crippen LogP contribution in [0.1, 0.15) is 18.2 Å². The molecule has 1 unspecified atom stereocenters. The van der Waals surface area contributed by atoms with E-state index in [-0.39, 0.29) is 12.3 Å². The minimum Gasteiger partial charge on any atom is -0.440 e. The average molecular weight is 310 g/mol. The number of carbonyl (C=O) groups excluding carboxylic acids is 2. The number of fused-ring (bicyclic) bond motifs is 1. The van der Waals surface area contributed by atoms with E-state index in [4.69, 9.17) is 4.42 Å². The monoisotopic (exact) mass is 310 g/mol. The highest BCUT2D eigenvalue weighted by Crippen LogP contribution is 2.28. The summed E-state index contributed by atoms with van der Waals surface area (Å²) in [5, 5.41) is -0.875. The second kappa shape index (κ2) is 5.88. The molecule has 20 heavy (non-hydrogen) atoms. The predicted molar refractivity (Wildman–Crippen MR) is 83.7 cm³/mol. The normalized spacial score (nSPS) is 12.4. The van der Waals surface area contributed by atoms with Gasteiger partial charge in [-0.15, -0.1) is 25.3 Å². The van der Waals surface area contributed by atoms with E-state index in [1.54, 1.807) is 6.07 Å². The Hall–Kier alpha value is -1.47. The summed E-state index contributed by atoms with van der Waals surface area (Å²) in [5.74, 6) is -0.614. The van der Waals surface area contributed by atoms with Crippen molar-refractivity contribution in [2.45, 2.75) is 12.3 Å². The smallest absolute Gasteiger partial charge is 0.207 e. The van der Waals surface area contributed by atoms with E-state index >= 15 is 0 Å². The third kappa shape index (κ3) is 3.16. The van der Waals surface area contributed by atoms with Gasteiger partial charge >= 0.3 is 0 Å². The molecule has 0 aliphatic rings. The highest BCUT2D eigenvalue weighted by molar-refractivity contribution is 7.97. The van der Waals surface area contributed by atoms with Crippen LogP contribution in [0.2, 0.25) is 0 Å². The molecule has 0 fully saturated rings. The van der Waals surface area contributed by atoms with Crippen LogP contribution in [0.5, 0.6) is 0 Å². The minimum absolute atomic E-state index is 0.0845. The van der Waals surface area contributed by atoms with Crippen LogP contribution in [-0.4, -0.2) is 29.3 Å². The Kier molecular flexibility index (Phi) is 4.39. The lowest BCUT2D eigenvalue weighted by molar-refractivity contribution is -0.117. The van der Waals surface area contributed by atoms with Gasteiger partial charge in [0.15, 0.2) is 15.8 Å². The number of oxazole rings is 1. The van der Waals surface area contributed by atoms with Crippen LogP contribution in [-0.2, 0) is 9.59 Å². The average Bonchev–Trinajstić information content (AvgIpc) is 2.77. The molecule has 1 heterocycles. The Labute approximate surface area is 127 Å². The molecule has 0 saturated heterocycles.